The Morgan fingerprint density at radius 3 is 2.76 bits per heavy atom. The van der Waals surface area contributed by atoms with Gasteiger partial charge in [0.25, 0.3) is 11.1 Å². The summed E-state index contributed by atoms with van der Waals surface area (Å²) < 4.78 is 0.807. The van der Waals surface area contributed by atoms with Crippen molar-refractivity contribution in [3.63, 3.8) is 0 Å². The number of nitrogens with zero attached hydrogens (tertiary/aromatic N) is 2. The second-order valence-electron chi connectivity index (χ2n) is 3.99. The van der Waals surface area contributed by atoms with Crippen molar-refractivity contribution in [2.24, 2.45) is 0 Å². The van der Waals surface area contributed by atoms with Crippen LogP contribution in [0.1, 0.15) is 10.4 Å². The molecular formula is C12H10N4O5. The molecule has 0 fully saturated rings. The largest absolute Gasteiger partial charge is 0.478 e. The third-order valence-electron chi connectivity index (χ3n) is 2.49. The molecule has 9 heteroatoms. The summed E-state index contributed by atoms with van der Waals surface area (Å²) in [6.45, 7) is -0.468. The number of aromatic carboxylic acids is 1. The van der Waals surface area contributed by atoms with Gasteiger partial charge in [0.2, 0.25) is 5.91 Å². The molecule has 0 saturated carbocycles. The molecule has 0 atom stereocenters. The number of aromatic amines is 1. The molecule has 2 heterocycles. The lowest BCUT2D eigenvalue weighted by molar-refractivity contribution is -0.117. The van der Waals surface area contributed by atoms with Crippen LogP contribution in [0.5, 0.6) is 0 Å². The number of carbonyl (C=O) groups excluding carboxylic acids is 1. The van der Waals surface area contributed by atoms with Crippen LogP contribution in [0.4, 0.5) is 5.82 Å². The summed E-state index contributed by atoms with van der Waals surface area (Å²) >= 11 is 0. The van der Waals surface area contributed by atoms with Crippen molar-refractivity contribution in [2.75, 3.05) is 5.32 Å². The normalized spacial score (nSPS) is 10.1. The van der Waals surface area contributed by atoms with Gasteiger partial charge in [-0.2, -0.15) is 0 Å². The Morgan fingerprint density at radius 2 is 2.05 bits per heavy atom. The average Bonchev–Trinajstić information content (AvgIpc) is 2.43. The number of carboxylic acids is 1. The van der Waals surface area contributed by atoms with E-state index >= 15 is 0 Å². The van der Waals surface area contributed by atoms with Gasteiger partial charge < -0.3 is 10.4 Å². The number of hydrogen-bond acceptors (Lipinski definition) is 5. The summed E-state index contributed by atoms with van der Waals surface area (Å²) in [7, 11) is 0. The Labute approximate surface area is 116 Å². The Kier molecular flexibility index (Phi) is 3.93. The summed E-state index contributed by atoms with van der Waals surface area (Å²) in [5.41, 5.74) is -1.28. The molecule has 108 valence electrons. The van der Waals surface area contributed by atoms with E-state index < -0.39 is 29.5 Å². The third kappa shape index (κ3) is 3.41. The number of H-pyrrole nitrogens is 1. The fraction of sp³-hybridized carbons (Fsp3) is 0.0833. The number of nitrogens with one attached hydrogen (secondary N) is 2. The van der Waals surface area contributed by atoms with E-state index in [-0.39, 0.29) is 11.4 Å². The van der Waals surface area contributed by atoms with E-state index in [1.165, 1.54) is 18.3 Å². The molecule has 0 aliphatic heterocycles. The van der Waals surface area contributed by atoms with Crippen LogP contribution in [-0.4, -0.2) is 31.7 Å². The minimum atomic E-state index is -1.25. The minimum Gasteiger partial charge on any atom is -0.478 e. The number of carboxylic acid groups (broad SMARTS) is 1. The van der Waals surface area contributed by atoms with Crippen molar-refractivity contribution < 1.29 is 14.7 Å². The minimum absolute atomic E-state index is 0.138. The molecule has 0 bridgehead atoms. The molecule has 2 aromatic heterocycles. The van der Waals surface area contributed by atoms with Crippen LogP contribution >= 0.6 is 0 Å². The highest BCUT2D eigenvalue weighted by Gasteiger charge is 2.13. The average molecular weight is 290 g/mol. The molecule has 21 heavy (non-hydrogen) atoms. The molecule has 2 rings (SSSR count). The number of pyridine rings is 1. The third-order valence-corrected chi connectivity index (χ3v) is 2.49. The molecule has 0 aliphatic rings. The van der Waals surface area contributed by atoms with Gasteiger partial charge in [-0.3, -0.25) is 19.5 Å². The molecule has 0 aliphatic carbocycles. The van der Waals surface area contributed by atoms with Crippen molar-refractivity contribution >= 4 is 17.7 Å². The first-order valence-electron chi connectivity index (χ1n) is 5.75. The van der Waals surface area contributed by atoms with Gasteiger partial charge in [-0.1, -0.05) is 0 Å². The fourth-order valence-corrected chi connectivity index (χ4v) is 1.57. The summed E-state index contributed by atoms with van der Waals surface area (Å²) in [5, 5.41) is 13.4. The lowest BCUT2D eigenvalue weighted by Crippen LogP contribution is -2.33. The van der Waals surface area contributed by atoms with Gasteiger partial charge in [0.05, 0.1) is 0 Å². The molecule has 0 saturated heterocycles. The molecule has 0 unspecified atom stereocenters. The van der Waals surface area contributed by atoms with Gasteiger partial charge in [0.15, 0.2) is 0 Å². The van der Waals surface area contributed by atoms with E-state index in [1.54, 1.807) is 0 Å². The van der Waals surface area contributed by atoms with E-state index in [1.807, 2.05) is 0 Å². The van der Waals surface area contributed by atoms with Gasteiger partial charge in [0.1, 0.15) is 17.9 Å². The highest BCUT2D eigenvalue weighted by molar-refractivity contribution is 5.99. The van der Waals surface area contributed by atoms with Crippen molar-refractivity contribution in [1.29, 1.82) is 0 Å². The number of hydrogen-bond donors (Lipinski definition) is 3. The van der Waals surface area contributed by atoms with Crippen molar-refractivity contribution in [1.82, 2.24) is 14.8 Å². The summed E-state index contributed by atoms with van der Waals surface area (Å²) in [6, 6.07) is 4.76. The van der Waals surface area contributed by atoms with E-state index in [9.17, 15) is 19.2 Å². The zero-order valence-electron chi connectivity index (χ0n) is 10.6. The number of carbonyl (C=O) groups is 2. The highest BCUT2D eigenvalue weighted by Crippen LogP contribution is 2.10. The van der Waals surface area contributed by atoms with Gasteiger partial charge in [-0.25, -0.2) is 14.5 Å². The maximum atomic E-state index is 11.8. The van der Waals surface area contributed by atoms with Crippen molar-refractivity contribution in [3.05, 3.63) is 56.7 Å². The Balaban J connectivity index is 2.20. The van der Waals surface area contributed by atoms with E-state index in [2.05, 4.69) is 15.4 Å². The number of anilines is 1. The zero-order chi connectivity index (χ0) is 15.4. The van der Waals surface area contributed by atoms with Crippen molar-refractivity contribution in [3.8, 4) is 0 Å². The molecule has 9 nitrogen and oxygen atoms in total. The molecule has 0 aromatic carbocycles. The van der Waals surface area contributed by atoms with Crippen LogP contribution in [0.3, 0.4) is 0 Å². The van der Waals surface area contributed by atoms with Gasteiger partial charge in [-0.05, 0) is 12.1 Å². The summed E-state index contributed by atoms with van der Waals surface area (Å²) in [6.07, 6.45) is 1.32. The molecular weight excluding hydrogens is 280 g/mol. The van der Waals surface area contributed by atoms with E-state index in [0.29, 0.717) is 0 Å². The van der Waals surface area contributed by atoms with Crippen LogP contribution in [-0.2, 0) is 11.3 Å². The standard InChI is InChI=1S/C12H10N4O5/c17-8-3-4-10(19)16(15-8)6-9(18)14-11-7(12(20)21)2-1-5-13-11/h1-5H,6H2,(H,15,17)(H,20,21)(H,13,14,18). The number of aromatic nitrogens is 3. The van der Waals surface area contributed by atoms with Gasteiger partial charge >= 0.3 is 5.97 Å². The molecule has 0 spiro atoms. The monoisotopic (exact) mass is 290 g/mol. The van der Waals surface area contributed by atoms with Crippen LogP contribution in [0.25, 0.3) is 0 Å². The second kappa shape index (κ2) is 5.82. The van der Waals surface area contributed by atoms with Gasteiger partial charge in [0, 0.05) is 18.3 Å². The zero-order valence-corrected chi connectivity index (χ0v) is 10.6. The van der Waals surface area contributed by atoms with E-state index in [4.69, 9.17) is 5.11 Å². The van der Waals surface area contributed by atoms with Crippen LogP contribution in [0, 0.1) is 0 Å². The molecule has 1 amide bonds. The predicted octanol–water partition coefficient (Wildman–Crippen LogP) is -0.731. The quantitative estimate of drug-likeness (QED) is 0.679. The van der Waals surface area contributed by atoms with E-state index in [0.717, 1.165) is 16.8 Å². The maximum Gasteiger partial charge on any atom is 0.339 e. The molecule has 3 N–H and O–H groups in total. The van der Waals surface area contributed by atoms with Crippen LogP contribution in [0.2, 0.25) is 0 Å². The number of amides is 1. The lowest BCUT2D eigenvalue weighted by Gasteiger charge is -2.08. The smallest absolute Gasteiger partial charge is 0.339 e. The van der Waals surface area contributed by atoms with Crippen LogP contribution < -0.4 is 16.4 Å². The first-order chi connectivity index (χ1) is 9.97. The SMILES string of the molecule is O=C(Cn1[nH]c(=O)ccc1=O)Nc1ncccc1C(=O)O. The van der Waals surface area contributed by atoms with Crippen molar-refractivity contribution in [2.45, 2.75) is 6.54 Å². The number of rotatable bonds is 4. The first-order valence-corrected chi connectivity index (χ1v) is 5.75. The Morgan fingerprint density at radius 1 is 1.29 bits per heavy atom. The van der Waals surface area contributed by atoms with Crippen LogP contribution in [0.15, 0.2) is 40.1 Å². The molecule has 0 radical (unpaired) electrons. The topological polar surface area (TPSA) is 134 Å². The first kappa shape index (κ1) is 14.2. The maximum absolute atomic E-state index is 11.8. The van der Waals surface area contributed by atoms with Gasteiger partial charge in [-0.15, -0.1) is 0 Å². The highest BCUT2D eigenvalue weighted by atomic mass is 16.4. The summed E-state index contributed by atoms with van der Waals surface area (Å²) in [4.78, 5) is 49.0. The fourth-order valence-electron chi connectivity index (χ4n) is 1.57. The Hall–Kier alpha value is -3.23. The lowest BCUT2D eigenvalue weighted by atomic mass is 10.2. The summed E-state index contributed by atoms with van der Waals surface area (Å²) in [5.74, 6) is -2.08. The Bertz CT molecular complexity index is 808. The predicted molar refractivity (Wildman–Crippen MR) is 71.1 cm³/mol. The second-order valence-corrected chi connectivity index (χ2v) is 3.99. The molecule has 2 aromatic rings.